The van der Waals surface area contributed by atoms with Crippen LogP contribution >= 0.6 is 0 Å². The summed E-state index contributed by atoms with van der Waals surface area (Å²) in [6.07, 6.45) is 0.418. The van der Waals surface area contributed by atoms with Gasteiger partial charge in [-0.15, -0.1) is 0 Å². The maximum atomic E-state index is 12.9. The number of amides is 2. The zero-order valence-electron chi connectivity index (χ0n) is 15.1. The molecule has 1 aliphatic heterocycles. The molecule has 0 aliphatic carbocycles. The number of carbonyl (C=O) groups is 3. The summed E-state index contributed by atoms with van der Waals surface area (Å²) in [6, 6.07) is 14.4. The van der Waals surface area contributed by atoms with Gasteiger partial charge < -0.3 is 0 Å². The second kappa shape index (κ2) is 9.20. The van der Waals surface area contributed by atoms with E-state index in [1.165, 1.54) is 24.3 Å². The van der Waals surface area contributed by atoms with Crippen LogP contribution in [0.3, 0.4) is 0 Å². The number of benzene rings is 2. The SMILES string of the molecule is O=C(CCC(=O)c1ccc(F)cc1)NNC(=O)C1CC(c2ccccc2)NN1. The highest BCUT2D eigenvalue weighted by Gasteiger charge is 2.30. The van der Waals surface area contributed by atoms with E-state index in [1.54, 1.807) is 0 Å². The maximum absolute atomic E-state index is 12.9. The van der Waals surface area contributed by atoms with E-state index in [2.05, 4.69) is 21.7 Å². The normalized spacial score (nSPS) is 18.5. The summed E-state index contributed by atoms with van der Waals surface area (Å²) in [5.74, 6) is -1.55. The molecule has 0 radical (unpaired) electrons. The number of hydrogen-bond donors (Lipinski definition) is 4. The van der Waals surface area contributed by atoms with Crippen LogP contribution in [0, 0.1) is 5.82 Å². The predicted octanol–water partition coefficient (Wildman–Crippen LogP) is 1.54. The zero-order valence-corrected chi connectivity index (χ0v) is 15.1. The Morgan fingerprint density at radius 3 is 2.36 bits per heavy atom. The number of halogens is 1. The molecule has 1 saturated heterocycles. The molecule has 2 aromatic carbocycles. The molecule has 0 spiro atoms. The Morgan fingerprint density at radius 1 is 0.929 bits per heavy atom. The Hall–Kier alpha value is -3.10. The molecule has 8 heteroatoms. The van der Waals surface area contributed by atoms with Crippen molar-refractivity contribution in [2.45, 2.75) is 31.3 Å². The van der Waals surface area contributed by atoms with Crippen molar-refractivity contribution in [1.82, 2.24) is 21.7 Å². The Bertz CT molecular complexity index is 842. The van der Waals surface area contributed by atoms with Crippen molar-refractivity contribution in [3.63, 3.8) is 0 Å². The third-order valence-electron chi connectivity index (χ3n) is 4.49. The lowest BCUT2D eigenvalue weighted by molar-refractivity contribution is -0.129. The molecule has 0 saturated carbocycles. The lowest BCUT2D eigenvalue weighted by atomic mass is 10.0. The van der Waals surface area contributed by atoms with Crippen molar-refractivity contribution in [3.8, 4) is 0 Å². The van der Waals surface area contributed by atoms with E-state index in [-0.39, 0.29) is 30.6 Å². The van der Waals surface area contributed by atoms with Crippen LogP contribution in [-0.4, -0.2) is 23.6 Å². The second-order valence-electron chi connectivity index (χ2n) is 6.51. The van der Waals surface area contributed by atoms with Crippen LogP contribution < -0.4 is 21.7 Å². The van der Waals surface area contributed by atoms with E-state index in [4.69, 9.17) is 0 Å². The highest BCUT2D eigenvalue weighted by molar-refractivity contribution is 5.98. The van der Waals surface area contributed by atoms with Gasteiger partial charge in [-0.2, -0.15) is 0 Å². The third-order valence-corrected chi connectivity index (χ3v) is 4.49. The molecule has 2 unspecified atom stereocenters. The largest absolute Gasteiger partial charge is 0.294 e. The summed E-state index contributed by atoms with van der Waals surface area (Å²) in [7, 11) is 0. The van der Waals surface area contributed by atoms with Crippen LogP contribution in [0.1, 0.15) is 41.2 Å². The minimum absolute atomic E-state index is 0.000909. The topological polar surface area (TPSA) is 99.3 Å². The molecule has 1 aliphatic rings. The molecule has 146 valence electrons. The van der Waals surface area contributed by atoms with Gasteiger partial charge in [-0.3, -0.25) is 25.2 Å². The van der Waals surface area contributed by atoms with Gasteiger partial charge in [0.25, 0.3) is 5.91 Å². The van der Waals surface area contributed by atoms with E-state index in [0.717, 1.165) is 5.56 Å². The molecule has 2 atom stereocenters. The third kappa shape index (κ3) is 5.21. The maximum Gasteiger partial charge on any atom is 0.256 e. The summed E-state index contributed by atoms with van der Waals surface area (Å²) in [5.41, 5.74) is 12.0. The molecule has 4 N–H and O–H groups in total. The van der Waals surface area contributed by atoms with Crippen LogP contribution in [0.2, 0.25) is 0 Å². The molecule has 0 bridgehead atoms. The van der Waals surface area contributed by atoms with E-state index < -0.39 is 17.8 Å². The fourth-order valence-electron chi connectivity index (χ4n) is 2.92. The van der Waals surface area contributed by atoms with E-state index in [1.807, 2.05) is 30.3 Å². The van der Waals surface area contributed by atoms with Crippen LogP contribution in [0.4, 0.5) is 4.39 Å². The monoisotopic (exact) mass is 384 g/mol. The summed E-state index contributed by atoms with van der Waals surface area (Å²) < 4.78 is 12.9. The quantitative estimate of drug-likeness (QED) is 0.447. The van der Waals surface area contributed by atoms with Gasteiger partial charge in [-0.25, -0.2) is 15.2 Å². The first kappa shape index (κ1) is 19.7. The van der Waals surface area contributed by atoms with Gasteiger partial charge >= 0.3 is 0 Å². The average molecular weight is 384 g/mol. The highest BCUT2D eigenvalue weighted by Crippen LogP contribution is 2.21. The second-order valence-corrected chi connectivity index (χ2v) is 6.51. The number of rotatable bonds is 6. The summed E-state index contributed by atoms with van der Waals surface area (Å²) >= 11 is 0. The first-order valence-corrected chi connectivity index (χ1v) is 8.96. The van der Waals surface area contributed by atoms with Gasteiger partial charge in [-0.05, 0) is 36.2 Å². The zero-order chi connectivity index (χ0) is 19.9. The molecule has 2 aromatic rings. The predicted molar refractivity (Wildman–Crippen MR) is 100 cm³/mol. The molecule has 1 heterocycles. The van der Waals surface area contributed by atoms with Gasteiger partial charge in [0.2, 0.25) is 5.91 Å². The van der Waals surface area contributed by atoms with Crippen LogP contribution in [0.25, 0.3) is 0 Å². The fraction of sp³-hybridized carbons (Fsp3) is 0.250. The van der Waals surface area contributed by atoms with Gasteiger partial charge in [0.15, 0.2) is 5.78 Å². The van der Waals surface area contributed by atoms with Crippen molar-refractivity contribution in [3.05, 3.63) is 71.5 Å². The van der Waals surface area contributed by atoms with Crippen molar-refractivity contribution < 1.29 is 18.8 Å². The molecule has 1 fully saturated rings. The molecular formula is C20H21FN4O3. The van der Waals surface area contributed by atoms with E-state index in [9.17, 15) is 18.8 Å². The summed E-state index contributed by atoms with van der Waals surface area (Å²) in [4.78, 5) is 36.0. The fourth-order valence-corrected chi connectivity index (χ4v) is 2.92. The van der Waals surface area contributed by atoms with Crippen LogP contribution in [0.15, 0.2) is 54.6 Å². The molecule has 7 nitrogen and oxygen atoms in total. The molecule has 0 aromatic heterocycles. The van der Waals surface area contributed by atoms with Gasteiger partial charge in [0.05, 0.1) is 0 Å². The van der Waals surface area contributed by atoms with Crippen LogP contribution in [-0.2, 0) is 9.59 Å². The minimum Gasteiger partial charge on any atom is -0.294 e. The number of Topliss-reactive ketones (excluding diaryl/α,β-unsaturated/α-hetero) is 1. The molecule has 28 heavy (non-hydrogen) atoms. The molecule has 2 amide bonds. The lowest BCUT2D eigenvalue weighted by Gasteiger charge is -2.11. The Balaban J connectivity index is 1.39. The minimum atomic E-state index is -0.494. The summed E-state index contributed by atoms with van der Waals surface area (Å²) in [5, 5.41) is 0. The average Bonchev–Trinajstić information content (AvgIpc) is 3.22. The van der Waals surface area contributed by atoms with Gasteiger partial charge in [0, 0.05) is 24.4 Å². The van der Waals surface area contributed by atoms with E-state index in [0.29, 0.717) is 12.0 Å². The van der Waals surface area contributed by atoms with Crippen LogP contribution in [0.5, 0.6) is 0 Å². The van der Waals surface area contributed by atoms with Crippen molar-refractivity contribution in [2.24, 2.45) is 0 Å². The first-order chi connectivity index (χ1) is 13.5. The van der Waals surface area contributed by atoms with E-state index >= 15 is 0 Å². The van der Waals surface area contributed by atoms with Crippen molar-refractivity contribution in [1.29, 1.82) is 0 Å². The van der Waals surface area contributed by atoms with Crippen molar-refractivity contribution >= 4 is 17.6 Å². The van der Waals surface area contributed by atoms with Gasteiger partial charge in [0.1, 0.15) is 11.9 Å². The Labute approximate surface area is 161 Å². The number of hydrazine groups is 2. The smallest absolute Gasteiger partial charge is 0.256 e. The number of nitrogens with one attached hydrogen (secondary N) is 4. The van der Waals surface area contributed by atoms with Crippen molar-refractivity contribution in [2.75, 3.05) is 0 Å². The first-order valence-electron chi connectivity index (χ1n) is 8.96. The number of carbonyl (C=O) groups excluding carboxylic acids is 3. The standard InChI is InChI=1S/C20H21FN4O3/c21-15-8-6-14(7-9-15)18(26)10-11-19(27)24-25-20(28)17-12-16(22-23-17)13-4-2-1-3-5-13/h1-9,16-17,22-23H,10-12H2,(H,24,27)(H,25,28). The number of hydrogen-bond acceptors (Lipinski definition) is 5. The molecule has 3 rings (SSSR count). The lowest BCUT2D eigenvalue weighted by Crippen LogP contribution is -2.50. The van der Waals surface area contributed by atoms with Gasteiger partial charge in [-0.1, -0.05) is 30.3 Å². The Morgan fingerprint density at radius 2 is 1.64 bits per heavy atom. The number of ketones is 1. The summed E-state index contributed by atoms with van der Waals surface area (Å²) in [6.45, 7) is 0. The Kier molecular flexibility index (Phi) is 6.46. The highest BCUT2D eigenvalue weighted by atomic mass is 19.1. The molecular weight excluding hydrogens is 363 g/mol.